The van der Waals surface area contributed by atoms with Crippen LogP contribution < -0.4 is 0 Å². The van der Waals surface area contributed by atoms with Crippen LogP contribution in [0.15, 0.2) is 16.9 Å². The molecule has 0 aliphatic heterocycles. The fraction of sp³-hybridized carbons (Fsp3) is 0.429. The van der Waals surface area contributed by atoms with Gasteiger partial charge in [0.05, 0.1) is 6.20 Å². The molecule has 1 rings (SSSR count). The summed E-state index contributed by atoms with van der Waals surface area (Å²) >= 11 is 0. The number of hydrogen-bond donors (Lipinski definition) is 1. The number of nitrogens with zero attached hydrogens (tertiary/aromatic N) is 1. The van der Waals surface area contributed by atoms with E-state index in [2.05, 4.69) is 4.98 Å². The van der Waals surface area contributed by atoms with Gasteiger partial charge in [0.15, 0.2) is 0 Å². The average molecular weight is 155 g/mol. The van der Waals surface area contributed by atoms with Gasteiger partial charge in [-0.15, -0.1) is 0 Å². The van der Waals surface area contributed by atoms with Gasteiger partial charge in [-0.1, -0.05) is 6.92 Å². The van der Waals surface area contributed by atoms with Gasteiger partial charge in [-0.3, -0.25) is 4.79 Å². The van der Waals surface area contributed by atoms with E-state index in [4.69, 9.17) is 9.52 Å². The predicted molar refractivity (Wildman–Crippen MR) is 37.2 cm³/mol. The Bertz CT molecular complexity index is 230. The fourth-order valence-corrected chi connectivity index (χ4v) is 0.861. The second-order valence-corrected chi connectivity index (χ2v) is 2.17. The Morgan fingerprint density at radius 3 is 3.00 bits per heavy atom. The zero-order valence-corrected chi connectivity index (χ0v) is 6.15. The van der Waals surface area contributed by atoms with Crippen molar-refractivity contribution >= 4 is 5.97 Å². The lowest BCUT2D eigenvalue weighted by atomic mass is 10.1. The van der Waals surface area contributed by atoms with Crippen LogP contribution >= 0.6 is 0 Å². The molecule has 1 unspecified atom stereocenters. The molecule has 1 aromatic rings. The minimum absolute atomic E-state index is 0.278. The van der Waals surface area contributed by atoms with Crippen LogP contribution in [-0.4, -0.2) is 16.1 Å². The van der Waals surface area contributed by atoms with Crippen molar-refractivity contribution in [3.8, 4) is 0 Å². The molecule has 1 N–H and O–H groups in total. The van der Waals surface area contributed by atoms with Crippen LogP contribution in [0.5, 0.6) is 0 Å². The van der Waals surface area contributed by atoms with Crippen molar-refractivity contribution in [3.63, 3.8) is 0 Å². The molecule has 0 aliphatic carbocycles. The summed E-state index contributed by atoms with van der Waals surface area (Å²) in [6.07, 6.45) is 3.32. The summed E-state index contributed by atoms with van der Waals surface area (Å²) < 4.78 is 4.86. The summed E-state index contributed by atoms with van der Waals surface area (Å²) in [6, 6.07) is 0. The first-order valence-corrected chi connectivity index (χ1v) is 3.38. The smallest absolute Gasteiger partial charge is 0.315 e. The van der Waals surface area contributed by atoms with Gasteiger partial charge in [0.1, 0.15) is 12.2 Å². The first-order valence-electron chi connectivity index (χ1n) is 3.38. The highest BCUT2D eigenvalue weighted by atomic mass is 16.4. The van der Waals surface area contributed by atoms with E-state index in [1.54, 1.807) is 6.92 Å². The number of hydrogen-bond acceptors (Lipinski definition) is 3. The highest BCUT2D eigenvalue weighted by Crippen LogP contribution is 2.16. The molecule has 0 aromatic carbocycles. The van der Waals surface area contributed by atoms with E-state index in [0.29, 0.717) is 6.42 Å². The van der Waals surface area contributed by atoms with Crippen molar-refractivity contribution in [1.29, 1.82) is 0 Å². The maximum atomic E-state index is 10.5. The molecular formula is C7H9NO3. The highest BCUT2D eigenvalue weighted by Gasteiger charge is 2.21. The molecule has 4 heteroatoms. The van der Waals surface area contributed by atoms with E-state index in [1.807, 2.05) is 0 Å². The van der Waals surface area contributed by atoms with E-state index in [-0.39, 0.29) is 5.89 Å². The van der Waals surface area contributed by atoms with Gasteiger partial charge < -0.3 is 9.52 Å². The lowest BCUT2D eigenvalue weighted by Gasteiger charge is -2.02. The number of aromatic nitrogens is 1. The van der Waals surface area contributed by atoms with E-state index < -0.39 is 11.9 Å². The van der Waals surface area contributed by atoms with E-state index in [1.165, 1.54) is 12.5 Å². The summed E-state index contributed by atoms with van der Waals surface area (Å²) in [5.74, 6) is -1.22. The Labute approximate surface area is 63.9 Å². The highest BCUT2D eigenvalue weighted by molar-refractivity contribution is 5.74. The molecule has 0 radical (unpaired) electrons. The van der Waals surface area contributed by atoms with Crippen molar-refractivity contribution < 1.29 is 14.3 Å². The largest absolute Gasteiger partial charge is 0.481 e. The zero-order chi connectivity index (χ0) is 8.27. The molecular weight excluding hydrogens is 146 g/mol. The molecule has 60 valence electrons. The van der Waals surface area contributed by atoms with Crippen LogP contribution in [-0.2, 0) is 4.79 Å². The van der Waals surface area contributed by atoms with Gasteiger partial charge in [0.25, 0.3) is 0 Å². The normalized spacial score (nSPS) is 12.8. The molecule has 0 spiro atoms. The Kier molecular flexibility index (Phi) is 2.25. The Morgan fingerprint density at radius 1 is 1.91 bits per heavy atom. The molecule has 4 nitrogen and oxygen atoms in total. The van der Waals surface area contributed by atoms with Crippen LogP contribution in [0, 0.1) is 0 Å². The van der Waals surface area contributed by atoms with Crippen molar-refractivity contribution in [2.24, 2.45) is 0 Å². The average Bonchev–Trinajstić information content (AvgIpc) is 2.40. The topological polar surface area (TPSA) is 63.3 Å². The first-order chi connectivity index (χ1) is 5.25. The summed E-state index contributed by atoms with van der Waals surface area (Å²) in [6.45, 7) is 1.78. The number of carboxylic acid groups (broad SMARTS) is 1. The van der Waals surface area contributed by atoms with Gasteiger partial charge in [0, 0.05) is 0 Å². The first kappa shape index (κ1) is 7.78. The van der Waals surface area contributed by atoms with Crippen molar-refractivity contribution in [3.05, 3.63) is 18.4 Å². The number of carboxylic acids is 1. The van der Waals surface area contributed by atoms with Gasteiger partial charge >= 0.3 is 5.97 Å². The summed E-state index contributed by atoms with van der Waals surface area (Å²) in [5, 5.41) is 8.65. The van der Waals surface area contributed by atoms with Crippen molar-refractivity contribution in [1.82, 2.24) is 4.98 Å². The molecule has 0 amide bonds. The molecule has 1 aromatic heterocycles. The lowest BCUT2D eigenvalue weighted by molar-refractivity contribution is -0.139. The second kappa shape index (κ2) is 3.18. The molecule has 0 saturated carbocycles. The maximum absolute atomic E-state index is 10.5. The summed E-state index contributed by atoms with van der Waals surface area (Å²) in [5.41, 5.74) is 0. The molecule has 0 saturated heterocycles. The maximum Gasteiger partial charge on any atom is 0.315 e. The quantitative estimate of drug-likeness (QED) is 0.713. The second-order valence-electron chi connectivity index (χ2n) is 2.17. The monoisotopic (exact) mass is 155 g/mol. The number of aliphatic carboxylic acids is 1. The van der Waals surface area contributed by atoms with Crippen molar-refractivity contribution in [2.45, 2.75) is 19.3 Å². The molecule has 0 fully saturated rings. The van der Waals surface area contributed by atoms with Crippen molar-refractivity contribution in [2.75, 3.05) is 0 Å². The molecule has 11 heavy (non-hydrogen) atoms. The number of rotatable bonds is 3. The van der Waals surface area contributed by atoms with Crippen LogP contribution in [0.3, 0.4) is 0 Å². The predicted octanol–water partition coefficient (Wildman–Crippen LogP) is 1.25. The van der Waals surface area contributed by atoms with Crippen LogP contribution in [0.1, 0.15) is 25.2 Å². The number of oxazole rings is 1. The Balaban J connectivity index is 2.79. The molecule has 1 atom stereocenters. The third kappa shape index (κ3) is 1.58. The van der Waals surface area contributed by atoms with Gasteiger partial charge in [-0.05, 0) is 6.42 Å². The van der Waals surface area contributed by atoms with Gasteiger partial charge in [-0.25, -0.2) is 4.98 Å². The Hall–Kier alpha value is -1.32. The van der Waals surface area contributed by atoms with Crippen LogP contribution in [0.2, 0.25) is 0 Å². The minimum Gasteiger partial charge on any atom is -0.481 e. The number of carbonyl (C=O) groups is 1. The molecule has 0 bridgehead atoms. The minimum atomic E-state index is -0.894. The molecule has 1 heterocycles. The standard InChI is InChI=1S/C7H9NO3/c1-2-5(7(9)10)6-8-3-4-11-6/h3-5H,2H2,1H3,(H,9,10). The van der Waals surface area contributed by atoms with Gasteiger partial charge in [0.2, 0.25) is 5.89 Å². The summed E-state index contributed by atoms with van der Waals surface area (Å²) in [7, 11) is 0. The van der Waals surface area contributed by atoms with Crippen LogP contribution in [0.25, 0.3) is 0 Å². The SMILES string of the molecule is CCC(C(=O)O)c1ncco1. The molecule has 0 aliphatic rings. The third-order valence-corrected chi connectivity index (χ3v) is 1.46. The van der Waals surface area contributed by atoms with Gasteiger partial charge in [-0.2, -0.15) is 0 Å². The van der Waals surface area contributed by atoms with Crippen LogP contribution in [0.4, 0.5) is 0 Å². The van der Waals surface area contributed by atoms with E-state index >= 15 is 0 Å². The van der Waals surface area contributed by atoms with E-state index in [0.717, 1.165) is 0 Å². The summed E-state index contributed by atoms with van der Waals surface area (Å²) in [4.78, 5) is 14.3. The van der Waals surface area contributed by atoms with E-state index in [9.17, 15) is 4.79 Å². The Morgan fingerprint density at radius 2 is 2.64 bits per heavy atom. The fourth-order valence-electron chi connectivity index (χ4n) is 0.861. The third-order valence-electron chi connectivity index (χ3n) is 1.46. The zero-order valence-electron chi connectivity index (χ0n) is 6.15. The lowest BCUT2D eigenvalue weighted by Crippen LogP contribution is -2.10.